The van der Waals surface area contributed by atoms with E-state index in [0.717, 1.165) is 17.5 Å². The van der Waals surface area contributed by atoms with Crippen molar-refractivity contribution in [3.8, 4) is 11.5 Å². The Morgan fingerprint density at radius 2 is 1.77 bits per heavy atom. The molecule has 0 spiro atoms. The van der Waals surface area contributed by atoms with Crippen LogP contribution in [-0.4, -0.2) is 36.6 Å². The predicted octanol–water partition coefficient (Wildman–Crippen LogP) is 2.80. The third-order valence-corrected chi connectivity index (χ3v) is 4.72. The minimum atomic E-state index is -0.279. The van der Waals surface area contributed by atoms with Gasteiger partial charge in [-0.15, -0.1) is 0 Å². The molecule has 0 aliphatic rings. The Balaban J connectivity index is 1.59. The van der Waals surface area contributed by atoms with Crippen molar-refractivity contribution in [1.82, 2.24) is 15.4 Å². The zero-order chi connectivity index (χ0) is 22.2. The fourth-order valence-electron chi connectivity index (χ4n) is 3.01. The molecule has 9 nitrogen and oxygen atoms in total. The summed E-state index contributed by atoms with van der Waals surface area (Å²) in [7, 11) is 3.21. The smallest absolute Gasteiger partial charge is 0.269 e. The van der Waals surface area contributed by atoms with E-state index < -0.39 is 0 Å². The number of amides is 1. The lowest BCUT2D eigenvalue weighted by atomic mass is 10.1. The van der Waals surface area contributed by atoms with Gasteiger partial charge in [0.15, 0.2) is 23.1 Å². The lowest BCUT2D eigenvalue weighted by Crippen LogP contribution is -2.31. The number of nitrogen functional groups attached to an aromatic ring is 1. The Kier molecular flexibility index (Phi) is 7.10. The van der Waals surface area contributed by atoms with Gasteiger partial charge < -0.3 is 20.5 Å². The highest BCUT2D eigenvalue weighted by molar-refractivity contribution is 5.96. The van der Waals surface area contributed by atoms with Crippen molar-refractivity contribution < 1.29 is 14.3 Å². The third kappa shape index (κ3) is 5.33. The lowest BCUT2D eigenvalue weighted by molar-refractivity contribution is 0.0962. The Labute approximate surface area is 181 Å². The van der Waals surface area contributed by atoms with E-state index in [0.29, 0.717) is 40.9 Å². The zero-order valence-corrected chi connectivity index (χ0v) is 17.7. The van der Waals surface area contributed by atoms with Gasteiger partial charge in [-0.05, 0) is 42.7 Å². The van der Waals surface area contributed by atoms with Gasteiger partial charge in [0.2, 0.25) is 0 Å². The molecule has 0 saturated carbocycles. The van der Waals surface area contributed by atoms with E-state index >= 15 is 0 Å². The second-order valence-corrected chi connectivity index (χ2v) is 6.74. The number of carbonyl (C=O) groups is 1. The van der Waals surface area contributed by atoms with E-state index in [4.69, 9.17) is 15.2 Å². The number of rotatable bonds is 9. The predicted molar refractivity (Wildman–Crippen MR) is 120 cm³/mol. The minimum Gasteiger partial charge on any atom is -0.493 e. The first kappa shape index (κ1) is 21.7. The van der Waals surface area contributed by atoms with Gasteiger partial charge in [0.25, 0.3) is 5.91 Å². The van der Waals surface area contributed by atoms with Crippen LogP contribution in [0.3, 0.4) is 0 Å². The fraction of sp³-hybridized carbons (Fsp3) is 0.227. The molecule has 3 aromatic rings. The number of nitrogens with two attached hydrogens (primary N) is 1. The Bertz CT molecular complexity index is 1060. The lowest BCUT2D eigenvalue weighted by Gasteiger charge is -2.14. The number of nitrogens with zero attached hydrogens (tertiary/aromatic N) is 2. The molecule has 0 bridgehead atoms. The Hall–Kier alpha value is -4.01. The summed E-state index contributed by atoms with van der Waals surface area (Å²) in [6.07, 6.45) is 2.09. The number of ether oxygens (including phenoxy) is 2. The number of aromatic nitrogens is 2. The first-order chi connectivity index (χ1) is 15.0. The average molecular weight is 422 g/mol. The summed E-state index contributed by atoms with van der Waals surface area (Å²) in [5.74, 6) is 1.87. The van der Waals surface area contributed by atoms with E-state index in [2.05, 4.69) is 26.1 Å². The number of aryl methyl sites for hydroxylation is 1. The number of hydrazine groups is 1. The van der Waals surface area contributed by atoms with Gasteiger partial charge in [0, 0.05) is 12.1 Å². The van der Waals surface area contributed by atoms with Crippen molar-refractivity contribution in [3.63, 3.8) is 0 Å². The van der Waals surface area contributed by atoms with Crippen LogP contribution >= 0.6 is 0 Å². The summed E-state index contributed by atoms with van der Waals surface area (Å²) >= 11 is 0. The largest absolute Gasteiger partial charge is 0.493 e. The van der Waals surface area contributed by atoms with Crippen molar-refractivity contribution in [3.05, 3.63) is 65.5 Å². The highest BCUT2D eigenvalue weighted by atomic mass is 16.5. The maximum Gasteiger partial charge on any atom is 0.269 e. The van der Waals surface area contributed by atoms with Gasteiger partial charge in [-0.1, -0.05) is 24.3 Å². The summed E-state index contributed by atoms with van der Waals surface area (Å²) in [6, 6.07) is 13.1. The van der Waals surface area contributed by atoms with Crippen molar-refractivity contribution in [2.45, 2.75) is 13.3 Å². The van der Waals surface area contributed by atoms with Crippen LogP contribution < -0.4 is 31.4 Å². The highest BCUT2D eigenvalue weighted by Crippen LogP contribution is 2.28. The Morgan fingerprint density at radius 3 is 2.52 bits per heavy atom. The first-order valence-corrected chi connectivity index (χ1v) is 9.70. The molecule has 0 unspecified atom stereocenters. The molecule has 0 radical (unpaired) electrons. The van der Waals surface area contributed by atoms with Crippen LogP contribution in [0.4, 0.5) is 17.3 Å². The van der Waals surface area contributed by atoms with Crippen LogP contribution in [0.25, 0.3) is 0 Å². The van der Waals surface area contributed by atoms with Crippen molar-refractivity contribution in [1.29, 1.82) is 0 Å². The molecule has 31 heavy (non-hydrogen) atoms. The maximum atomic E-state index is 12.4. The molecule has 1 aromatic heterocycles. The third-order valence-electron chi connectivity index (χ3n) is 4.72. The topological polar surface area (TPSA) is 123 Å². The molecule has 162 valence electrons. The monoisotopic (exact) mass is 422 g/mol. The number of methoxy groups -OCH3 is 2. The molecule has 0 aliphatic heterocycles. The second-order valence-electron chi connectivity index (χ2n) is 6.74. The van der Waals surface area contributed by atoms with Gasteiger partial charge in [-0.25, -0.2) is 9.97 Å². The zero-order valence-electron chi connectivity index (χ0n) is 17.7. The van der Waals surface area contributed by atoms with Crippen LogP contribution in [0.5, 0.6) is 11.5 Å². The van der Waals surface area contributed by atoms with Crippen LogP contribution in [0.2, 0.25) is 0 Å². The second kappa shape index (κ2) is 10.1. The van der Waals surface area contributed by atoms with Gasteiger partial charge in [0.1, 0.15) is 12.0 Å². The number of hydrogen-bond donors (Lipinski definition) is 4. The van der Waals surface area contributed by atoms with Crippen molar-refractivity contribution in [2.24, 2.45) is 0 Å². The normalized spacial score (nSPS) is 10.3. The molecule has 1 heterocycles. The van der Waals surface area contributed by atoms with E-state index in [1.165, 1.54) is 6.33 Å². The van der Waals surface area contributed by atoms with Crippen LogP contribution in [0.1, 0.15) is 21.5 Å². The molecule has 0 aliphatic carbocycles. The minimum absolute atomic E-state index is 0.279. The first-order valence-electron chi connectivity index (χ1n) is 9.70. The Morgan fingerprint density at radius 1 is 1.03 bits per heavy atom. The van der Waals surface area contributed by atoms with Crippen LogP contribution in [-0.2, 0) is 6.42 Å². The number of hydrogen-bond acceptors (Lipinski definition) is 8. The van der Waals surface area contributed by atoms with Crippen molar-refractivity contribution in [2.75, 3.05) is 37.2 Å². The number of nitrogens with one attached hydrogen (secondary N) is 3. The SMILES string of the molecule is COc1ccc(CCNc2ncnc(NNC(=O)c3ccccc3C)c2N)cc1OC. The van der Waals surface area contributed by atoms with E-state index in [1.807, 2.05) is 37.3 Å². The maximum absolute atomic E-state index is 12.4. The fourth-order valence-corrected chi connectivity index (χ4v) is 3.01. The van der Waals surface area contributed by atoms with Gasteiger partial charge in [-0.2, -0.15) is 0 Å². The molecule has 2 aromatic carbocycles. The standard InChI is InChI=1S/C22H26N6O3/c1-14-6-4-5-7-16(14)22(29)28-27-21-19(23)20(25-13-26-21)24-11-10-15-8-9-17(30-2)18(12-15)31-3/h4-9,12-13H,10-11,23H2,1-3H3,(H,28,29)(H2,24,25,26,27). The summed E-state index contributed by atoms with van der Waals surface area (Å²) in [4.78, 5) is 20.7. The number of benzene rings is 2. The quantitative estimate of drug-likeness (QED) is 0.388. The molecule has 3 rings (SSSR count). The van der Waals surface area contributed by atoms with Crippen LogP contribution in [0, 0.1) is 6.92 Å². The molecule has 5 N–H and O–H groups in total. The van der Waals surface area contributed by atoms with Gasteiger partial charge in [-0.3, -0.25) is 15.6 Å². The molecule has 9 heteroatoms. The van der Waals surface area contributed by atoms with Crippen LogP contribution in [0.15, 0.2) is 48.8 Å². The molecular weight excluding hydrogens is 396 g/mol. The van der Waals surface area contributed by atoms with Crippen molar-refractivity contribution >= 4 is 23.2 Å². The van der Waals surface area contributed by atoms with Gasteiger partial charge in [0.05, 0.1) is 14.2 Å². The summed E-state index contributed by atoms with van der Waals surface area (Å²) in [5.41, 5.74) is 14.4. The van der Waals surface area contributed by atoms with E-state index in [1.54, 1.807) is 26.4 Å². The molecule has 1 amide bonds. The molecule has 0 fully saturated rings. The van der Waals surface area contributed by atoms with E-state index in [9.17, 15) is 4.79 Å². The number of carbonyl (C=O) groups excluding carboxylic acids is 1. The summed E-state index contributed by atoms with van der Waals surface area (Å²) < 4.78 is 10.6. The summed E-state index contributed by atoms with van der Waals surface area (Å²) in [5, 5.41) is 3.20. The molecular formula is C22H26N6O3. The summed E-state index contributed by atoms with van der Waals surface area (Å²) in [6.45, 7) is 2.46. The highest BCUT2D eigenvalue weighted by Gasteiger charge is 2.11. The molecule has 0 atom stereocenters. The van der Waals surface area contributed by atoms with Gasteiger partial charge >= 0.3 is 0 Å². The number of anilines is 3. The molecule has 0 saturated heterocycles. The van der Waals surface area contributed by atoms with E-state index in [-0.39, 0.29) is 5.91 Å². The average Bonchev–Trinajstić information content (AvgIpc) is 2.79.